The molecule has 3 aromatic rings. The fourth-order valence-corrected chi connectivity index (χ4v) is 5.07. The van der Waals surface area contributed by atoms with Crippen LogP contribution in [0.25, 0.3) is 0 Å². The van der Waals surface area contributed by atoms with E-state index in [9.17, 15) is 9.59 Å². The minimum absolute atomic E-state index is 0.264. The van der Waals surface area contributed by atoms with Crippen molar-refractivity contribution in [3.63, 3.8) is 0 Å². The Kier molecular flexibility index (Phi) is 7.74. The number of rotatable bonds is 9. The summed E-state index contributed by atoms with van der Waals surface area (Å²) in [7, 11) is 0. The third kappa shape index (κ3) is 5.73. The average Bonchev–Trinajstić information content (AvgIpc) is 3.35. The van der Waals surface area contributed by atoms with E-state index in [0.717, 1.165) is 55.2 Å². The van der Waals surface area contributed by atoms with Crippen molar-refractivity contribution in [2.45, 2.75) is 44.9 Å². The summed E-state index contributed by atoms with van der Waals surface area (Å²) in [6.07, 6.45) is 7.63. The Morgan fingerprint density at radius 1 is 1.13 bits per heavy atom. The minimum atomic E-state index is -0.264. The van der Waals surface area contributed by atoms with E-state index in [2.05, 4.69) is 40.1 Å². The molecule has 1 atom stereocenters. The summed E-state index contributed by atoms with van der Waals surface area (Å²) in [6, 6.07) is 12.1. The van der Waals surface area contributed by atoms with E-state index in [0.29, 0.717) is 48.4 Å². The summed E-state index contributed by atoms with van der Waals surface area (Å²) in [5.41, 5.74) is 4.76. The Morgan fingerprint density at radius 2 is 1.92 bits per heavy atom. The summed E-state index contributed by atoms with van der Waals surface area (Å²) in [6.45, 7) is 7.72. The maximum Gasteiger partial charge on any atom is 0.261 e. The lowest BCUT2D eigenvalue weighted by Gasteiger charge is -2.28. The smallest absolute Gasteiger partial charge is 0.261 e. The summed E-state index contributed by atoms with van der Waals surface area (Å²) in [5.74, 6) is 2.20. The number of carbonyl (C=O) groups excluding carboxylic acids is 2. The quantitative estimate of drug-likeness (QED) is 0.375. The van der Waals surface area contributed by atoms with Gasteiger partial charge in [0.15, 0.2) is 0 Å². The number of pyridine rings is 1. The van der Waals surface area contributed by atoms with Crippen molar-refractivity contribution in [3.05, 3.63) is 72.1 Å². The number of carbonyl (C=O) groups is 2. The Balaban J connectivity index is 1.37. The zero-order chi connectivity index (χ0) is 26.5. The molecule has 0 bridgehead atoms. The van der Waals surface area contributed by atoms with Crippen LogP contribution in [0.1, 0.15) is 60.1 Å². The Morgan fingerprint density at radius 3 is 2.66 bits per heavy atom. The number of aromatic nitrogens is 3. The van der Waals surface area contributed by atoms with E-state index in [-0.39, 0.29) is 5.91 Å². The van der Waals surface area contributed by atoms with Gasteiger partial charge in [-0.1, -0.05) is 13.0 Å². The number of hydrogen-bond acceptors (Lipinski definition) is 7. The Labute approximate surface area is 222 Å². The lowest BCUT2D eigenvalue weighted by atomic mass is 10.0. The molecule has 0 saturated carbocycles. The number of hydrogen-bond donors (Lipinski definition) is 3. The molecule has 3 heterocycles. The molecule has 1 aromatic carbocycles. The van der Waals surface area contributed by atoms with Gasteiger partial charge in [-0.05, 0) is 55.2 Å². The second-order valence-electron chi connectivity index (χ2n) is 9.76. The maximum atomic E-state index is 12.9. The van der Waals surface area contributed by atoms with Gasteiger partial charge >= 0.3 is 0 Å². The fraction of sp³-hybridized carbons (Fsp3) is 0.345. The molecule has 1 saturated heterocycles. The maximum absolute atomic E-state index is 12.9. The van der Waals surface area contributed by atoms with E-state index in [4.69, 9.17) is 9.97 Å². The number of nitrogens with zero attached hydrogens (tertiary/aromatic N) is 4. The highest BCUT2D eigenvalue weighted by molar-refractivity contribution is 5.97. The minimum Gasteiger partial charge on any atom is -0.371 e. The van der Waals surface area contributed by atoms with Gasteiger partial charge < -0.3 is 15.5 Å². The Hall–Kier alpha value is -4.11. The third-order valence-corrected chi connectivity index (χ3v) is 7.24. The first-order valence-corrected chi connectivity index (χ1v) is 13.3. The van der Waals surface area contributed by atoms with E-state index in [1.807, 2.05) is 35.6 Å². The second kappa shape index (κ2) is 11.5. The number of benzene rings is 1. The van der Waals surface area contributed by atoms with Crippen LogP contribution >= 0.6 is 0 Å². The van der Waals surface area contributed by atoms with Gasteiger partial charge in [0.1, 0.15) is 11.3 Å². The van der Waals surface area contributed by atoms with Gasteiger partial charge in [0, 0.05) is 55.8 Å². The predicted molar refractivity (Wildman–Crippen MR) is 148 cm³/mol. The van der Waals surface area contributed by atoms with Gasteiger partial charge in [0.2, 0.25) is 17.6 Å². The number of nitrogens with two attached hydrogens (primary N) is 1. The zero-order valence-corrected chi connectivity index (χ0v) is 21.7. The number of Topliss-reactive ketones (excluding diaryl/α,β-unsaturated/α-hetero) is 1. The van der Waals surface area contributed by atoms with Crippen LogP contribution in [-0.2, 0) is 11.2 Å². The van der Waals surface area contributed by atoms with E-state index in [1.165, 1.54) is 5.56 Å². The first-order valence-electron chi connectivity index (χ1n) is 13.3. The van der Waals surface area contributed by atoms with Gasteiger partial charge in [-0.3, -0.25) is 9.59 Å². The number of quaternary nitrogens is 1. The molecule has 5 rings (SSSR count). The molecule has 1 amide bonds. The van der Waals surface area contributed by atoms with Crippen molar-refractivity contribution in [1.29, 1.82) is 0 Å². The molecule has 9 nitrogen and oxygen atoms in total. The molecule has 1 aliphatic carbocycles. The van der Waals surface area contributed by atoms with Gasteiger partial charge in [0.05, 0.1) is 11.9 Å². The lowest BCUT2D eigenvalue weighted by molar-refractivity contribution is -0.487. The van der Waals surface area contributed by atoms with Crippen molar-refractivity contribution in [2.24, 2.45) is 0 Å². The highest BCUT2D eigenvalue weighted by atomic mass is 16.1. The molecule has 0 unspecified atom stereocenters. The topological polar surface area (TPSA) is 117 Å². The van der Waals surface area contributed by atoms with Crippen LogP contribution < -0.4 is 20.9 Å². The van der Waals surface area contributed by atoms with Crippen molar-refractivity contribution in [3.8, 4) is 0 Å². The number of piperidine rings is 1. The van der Waals surface area contributed by atoms with Crippen LogP contribution in [0, 0.1) is 0 Å². The van der Waals surface area contributed by atoms with Crippen LogP contribution in [-0.4, -0.2) is 46.3 Å². The van der Waals surface area contributed by atoms with Crippen molar-refractivity contribution < 1.29 is 14.9 Å². The van der Waals surface area contributed by atoms with Gasteiger partial charge in [0.25, 0.3) is 5.91 Å². The van der Waals surface area contributed by atoms with Crippen LogP contribution in [0.5, 0.6) is 0 Å². The number of amides is 1. The fourth-order valence-electron chi connectivity index (χ4n) is 5.07. The third-order valence-electron chi connectivity index (χ3n) is 7.24. The highest BCUT2D eigenvalue weighted by Gasteiger charge is 2.25. The largest absolute Gasteiger partial charge is 0.371 e. The number of anilines is 3. The molecule has 9 heteroatoms. The predicted octanol–water partition coefficient (Wildman–Crippen LogP) is 3.67. The number of fused-ring (bicyclic) bond motifs is 1. The molecule has 2 aromatic heterocycles. The van der Waals surface area contributed by atoms with Crippen LogP contribution in [0.3, 0.4) is 0 Å². The molecule has 2 aliphatic rings. The molecule has 38 heavy (non-hydrogen) atoms. The van der Waals surface area contributed by atoms with Crippen molar-refractivity contribution >= 4 is 40.6 Å². The van der Waals surface area contributed by atoms with Gasteiger partial charge in [-0.2, -0.15) is 4.98 Å². The molecule has 1 aliphatic heterocycles. The van der Waals surface area contributed by atoms with Crippen LogP contribution in [0.4, 0.5) is 29.0 Å². The number of ketones is 1. The van der Waals surface area contributed by atoms with Crippen molar-refractivity contribution in [2.75, 3.05) is 29.9 Å². The first-order chi connectivity index (χ1) is 18.5. The van der Waals surface area contributed by atoms with Crippen molar-refractivity contribution in [1.82, 2.24) is 20.3 Å². The zero-order valence-electron chi connectivity index (χ0n) is 21.7. The molecule has 196 valence electrons. The monoisotopic (exact) mass is 512 g/mol. The second-order valence-corrected chi connectivity index (χ2v) is 9.76. The van der Waals surface area contributed by atoms with E-state index < -0.39 is 0 Å². The van der Waals surface area contributed by atoms with Crippen LogP contribution in [0.15, 0.2) is 55.3 Å². The van der Waals surface area contributed by atoms with E-state index >= 15 is 0 Å². The molecular weight excluding hydrogens is 478 g/mol. The summed E-state index contributed by atoms with van der Waals surface area (Å²) >= 11 is 0. The lowest BCUT2D eigenvalue weighted by Crippen LogP contribution is -2.73. The molecule has 0 spiro atoms. The average molecular weight is 513 g/mol. The molecule has 4 N–H and O–H groups in total. The molecular formula is C29H34N7O2+. The SMILES string of the molecule is C=CCNC(=O)c1cnc(Nc2ccc(N3CCC(=O)CC3)cc2)nc1[NH2+]c1ccc2c(n1)[C@@H](CC)CC2. The number of nitrogens with one attached hydrogen (secondary N) is 2. The molecule has 0 radical (unpaired) electrons. The Bertz CT molecular complexity index is 1330. The molecule has 1 fully saturated rings. The van der Waals surface area contributed by atoms with Gasteiger partial charge in [-0.15, -0.1) is 6.58 Å². The highest BCUT2D eigenvalue weighted by Crippen LogP contribution is 2.34. The summed E-state index contributed by atoms with van der Waals surface area (Å²) in [5, 5.41) is 7.92. The first kappa shape index (κ1) is 25.5. The normalized spacial score (nSPS) is 16.7. The van der Waals surface area contributed by atoms with Gasteiger partial charge in [-0.25, -0.2) is 15.3 Å². The summed E-state index contributed by atoms with van der Waals surface area (Å²) in [4.78, 5) is 40.7. The standard InChI is InChI=1S/C29H33N7O2/c1-3-15-30-28(38)24-18-31-29(32-21-8-10-22(11-9-21)36-16-13-23(37)14-17-36)35-27(24)34-25-12-7-20-6-5-19(4-2)26(20)33-25/h3,7-12,18-19H,1,4-6,13-17H2,2H3,(H,30,38)(H2,31,32,33,34,35)/p+1/t19-/m0/s1. The number of aryl methyl sites for hydroxylation is 1. The van der Waals surface area contributed by atoms with E-state index in [1.54, 1.807) is 12.3 Å². The summed E-state index contributed by atoms with van der Waals surface area (Å²) < 4.78 is 0. The van der Waals surface area contributed by atoms with Crippen LogP contribution in [0.2, 0.25) is 0 Å².